The minimum atomic E-state index is -0.499. The number of methoxy groups -OCH3 is 1. The highest BCUT2D eigenvalue weighted by molar-refractivity contribution is 8.13. The van der Waals surface area contributed by atoms with E-state index >= 15 is 0 Å². The monoisotopic (exact) mass is 440 g/mol. The van der Waals surface area contributed by atoms with Crippen LogP contribution in [-0.2, 0) is 15.3 Å². The van der Waals surface area contributed by atoms with Gasteiger partial charge in [0.1, 0.15) is 17.5 Å². The number of aliphatic imine (C=N–C) groups is 1. The maximum atomic E-state index is 12.8. The Morgan fingerprint density at radius 3 is 2.52 bits per heavy atom. The van der Waals surface area contributed by atoms with Crippen molar-refractivity contribution in [3.05, 3.63) is 70.9 Å². The van der Waals surface area contributed by atoms with Crippen LogP contribution in [0.4, 0.5) is 0 Å². The van der Waals surface area contributed by atoms with E-state index < -0.39 is 6.04 Å². The van der Waals surface area contributed by atoms with Gasteiger partial charge in [-0.2, -0.15) is 0 Å². The van der Waals surface area contributed by atoms with Gasteiger partial charge >= 0.3 is 5.97 Å². The summed E-state index contributed by atoms with van der Waals surface area (Å²) in [5.74, 6) is 1.91. The van der Waals surface area contributed by atoms with Crippen LogP contribution >= 0.6 is 11.8 Å². The number of benzene rings is 2. The zero-order valence-corrected chi connectivity index (χ0v) is 19.1. The average Bonchev–Trinajstić information content (AvgIpc) is 2.78. The highest BCUT2D eigenvalue weighted by atomic mass is 32.2. The lowest BCUT2D eigenvalue weighted by Gasteiger charge is -2.27. The molecule has 0 unspecified atom stereocenters. The normalized spacial score (nSPS) is 15.7. The fraction of sp³-hybridized carbons (Fsp3) is 0.333. The number of allylic oxidation sites excluding steroid dienone is 1. The Morgan fingerprint density at radius 2 is 1.84 bits per heavy atom. The first-order valence-electron chi connectivity index (χ1n) is 10.3. The van der Waals surface area contributed by atoms with E-state index in [4.69, 9.17) is 19.2 Å². The fourth-order valence-electron chi connectivity index (χ4n) is 3.29. The van der Waals surface area contributed by atoms with Crippen LogP contribution in [0, 0.1) is 0 Å². The van der Waals surface area contributed by atoms with Gasteiger partial charge in [0.05, 0.1) is 25.9 Å². The molecule has 0 bridgehead atoms. The molecule has 0 fully saturated rings. The molecule has 1 heterocycles. The van der Waals surface area contributed by atoms with Crippen molar-refractivity contribution in [3.63, 3.8) is 0 Å². The number of nitrogens with one attached hydrogen (secondary N) is 1. The summed E-state index contributed by atoms with van der Waals surface area (Å²) in [4.78, 5) is 17.6. The summed E-state index contributed by atoms with van der Waals surface area (Å²) in [7, 11) is 1.65. The SMILES string of the molecule is CCOC(=O)C1=C(C)NC(SCc2ccc(OC)cc2)=N[C@H]1c1ccccc1OCC. The molecule has 164 valence electrons. The van der Waals surface area contributed by atoms with E-state index in [-0.39, 0.29) is 5.97 Å². The molecule has 0 amide bonds. The van der Waals surface area contributed by atoms with Crippen LogP contribution < -0.4 is 14.8 Å². The lowest BCUT2D eigenvalue weighted by atomic mass is 9.96. The number of thioether (sulfide) groups is 1. The number of nitrogens with zero attached hydrogens (tertiary/aromatic N) is 1. The number of hydrogen-bond acceptors (Lipinski definition) is 7. The average molecular weight is 441 g/mol. The summed E-state index contributed by atoms with van der Waals surface area (Å²) < 4.78 is 16.4. The van der Waals surface area contributed by atoms with Crippen LogP contribution in [0.5, 0.6) is 11.5 Å². The Hall–Kier alpha value is -2.93. The standard InChI is InChI=1S/C24H28N2O4S/c1-5-29-20-10-8-7-9-19(20)22-21(23(27)30-6-2)16(3)25-24(26-22)31-15-17-11-13-18(28-4)14-12-17/h7-14,22H,5-6,15H2,1-4H3,(H,25,26)/t22-/m0/s1. The molecular formula is C24H28N2O4S. The lowest BCUT2D eigenvalue weighted by Crippen LogP contribution is -2.30. The van der Waals surface area contributed by atoms with Gasteiger partial charge in [0, 0.05) is 17.0 Å². The molecule has 0 radical (unpaired) electrons. The van der Waals surface area contributed by atoms with Crippen LogP contribution in [0.3, 0.4) is 0 Å². The Kier molecular flexibility index (Phi) is 8.00. The van der Waals surface area contributed by atoms with Crippen molar-refractivity contribution >= 4 is 22.9 Å². The van der Waals surface area contributed by atoms with Gasteiger partial charge in [-0.3, -0.25) is 0 Å². The predicted molar refractivity (Wildman–Crippen MR) is 125 cm³/mol. The first-order valence-corrected chi connectivity index (χ1v) is 11.3. The number of esters is 1. The molecule has 0 spiro atoms. The zero-order chi connectivity index (χ0) is 22.2. The maximum absolute atomic E-state index is 12.8. The number of rotatable bonds is 8. The number of amidine groups is 1. The molecule has 6 nitrogen and oxygen atoms in total. The van der Waals surface area contributed by atoms with E-state index in [0.29, 0.717) is 18.8 Å². The molecule has 0 aliphatic carbocycles. The van der Waals surface area contributed by atoms with Crippen LogP contribution in [0.2, 0.25) is 0 Å². The van der Waals surface area contributed by atoms with Gasteiger partial charge in [0.25, 0.3) is 0 Å². The minimum absolute atomic E-state index is 0.304. The van der Waals surface area contributed by atoms with Crippen molar-refractivity contribution in [2.45, 2.75) is 32.6 Å². The molecule has 0 aromatic heterocycles. The molecule has 2 aromatic rings. The van der Waals surface area contributed by atoms with E-state index in [1.165, 1.54) is 0 Å². The van der Waals surface area contributed by atoms with Crippen LogP contribution in [-0.4, -0.2) is 31.5 Å². The zero-order valence-electron chi connectivity index (χ0n) is 18.3. The van der Waals surface area contributed by atoms with Crippen molar-refractivity contribution < 1.29 is 19.0 Å². The van der Waals surface area contributed by atoms with Gasteiger partial charge in [0.2, 0.25) is 0 Å². The van der Waals surface area contributed by atoms with E-state index in [1.54, 1.807) is 25.8 Å². The van der Waals surface area contributed by atoms with E-state index in [9.17, 15) is 4.79 Å². The van der Waals surface area contributed by atoms with Gasteiger partial charge in [-0.25, -0.2) is 9.79 Å². The smallest absolute Gasteiger partial charge is 0.338 e. The van der Waals surface area contributed by atoms with Gasteiger partial charge in [-0.05, 0) is 44.5 Å². The van der Waals surface area contributed by atoms with Crippen molar-refractivity contribution in [1.82, 2.24) is 5.32 Å². The molecule has 0 saturated heterocycles. The predicted octanol–water partition coefficient (Wildman–Crippen LogP) is 4.86. The Labute approximate surface area is 187 Å². The van der Waals surface area contributed by atoms with E-state index in [1.807, 2.05) is 62.4 Å². The van der Waals surface area contributed by atoms with Crippen LogP contribution in [0.1, 0.15) is 37.9 Å². The number of carbonyl (C=O) groups excluding carboxylic acids is 1. The van der Waals surface area contributed by atoms with Crippen LogP contribution in [0.25, 0.3) is 0 Å². The first-order chi connectivity index (χ1) is 15.1. The van der Waals surface area contributed by atoms with Gasteiger partial charge in [-0.15, -0.1) is 0 Å². The quantitative estimate of drug-likeness (QED) is 0.591. The van der Waals surface area contributed by atoms with Gasteiger partial charge in [-0.1, -0.05) is 42.1 Å². The number of hydrogen-bond donors (Lipinski definition) is 1. The molecule has 0 saturated carbocycles. The summed E-state index contributed by atoms with van der Waals surface area (Å²) in [5.41, 5.74) is 3.24. The van der Waals surface area contributed by atoms with Crippen LogP contribution in [0.15, 0.2) is 64.8 Å². The molecule has 1 aliphatic rings. The molecule has 3 rings (SSSR count). The topological polar surface area (TPSA) is 69.2 Å². The second kappa shape index (κ2) is 10.9. The largest absolute Gasteiger partial charge is 0.497 e. The second-order valence-electron chi connectivity index (χ2n) is 6.83. The summed E-state index contributed by atoms with van der Waals surface area (Å²) in [5, 5.41) is 4.02. The molecule has 1 aliphatic heterocycles. The molecule has 1 N–H and O–H groups in total. The lowest BCUT2D eigenvalue weighted by molar-refractivity contribution is -0.138. The van der Waals surface area contributed by atoms with Crippen molar-refractivity contribution in [3.8, 4) is 11.5 Å². The summed E-state index contributed by atoms with van der Waals surface area (Å²) in [6.07, 6.45) is 0. The molecule has 7 heteroatoms. The summed E-state index contributed by atoms with van der Waals surface area (Å²) >= 11 is 1.58. The van der Waals surface area contributed by atoms with Gasteiger partial charge < -0.3 is 19.5 Å². The van der Waals surface area contributed by atoms with Crippen molar-refractivity contribution in [2.24, 2.45) is 4.99 Å². The highest BCUT2D eigenvalue weighted by Crippen LogP contribution is 2.38. The first kappa shape index (κ1) is 22.7. The fourth-order valence-corrected chi connectivity index (χ4v) is 4.19. The highest BCUT2D eigenvalue weighted by Gasteiger charge is 2.32. The molecule has 31 heavy (non-hydrogen) atoms. The molecule has 2 aromatic carbocycles. The second-order valence-corrected chi connectivity index (χ2v) is 7.79. The Balaban J connectivity index is 1.90. The summed E-state index contributed by atoms with van der Waals surface area (Å²) in [6.45, 7) is 6.45. The van der Waals surface area contributed by atoms with E-state index in [2.05, 4.69) is 5.32 Å². The molecule has 1 atom stereocenters. The Morgan fingerprint density at radius 1 is 1.10 bits per heavy atom. The molecular weight excluding hydrogens is 412 g/mol. The number of carbonyl (C=O) groups is 1. The van der Waals surface area contributed by atoms with E-state index in [0.717, 1.165) is 39.2 Å². The summed E-state index contributed by atoms with van der Waals surface area (Å²) in [6, 6.07) is 15.1. The number of ether oxygens (including phenoxy) is 3. The maximum Gasteiger partial charge on any atom is 0.338 e. The van der Waals surface area contributed by atoms with Crippen molar-refractivity contribution in [1.29, 1.82) is 0 Å². The minimum Gasteiger partial charge on any atom is -0.497 e. The third-order valence-corrected chi connectivity index (χ3v) is 5.72. The third kappa shape index (κ3) is 5.61. The van der Waals surface area contributed by atoms with Crippen molar-refractivity contribution in [2.75, 3.05) is 20.3 Å². The van der Waals surface area contributed by atoms with Gasteiger partial charge in [0.15, 0.2) is 5.17 Å². The number of para-hydroxylation sites is 1. The third-order valence-electron chi connectivity index (χ3n) is 4.76. The Bertz CT molecular complexity index is 970.